The predicted molar refractivity (Wildman–Crippen MR) is 156 cm³/mol. The van der Waals surface area contributed by atoms with E-state index < -0.39 is 0 Å². The molecule has 1 aliphatic carbocycles. The number of carbonyl (C=O) groups excluding carboxylic acids is 1. The predicted octanol–water partition coefficient (Wildman–Crippen LogP) is 8.15. The van der Waals surface area contributed by atoms with Gasteiger partial charge in [-0.1, -0.05) is 59.7 Å². The average Bonchev–Trinajstić information content (AvgIpc) is 3.49. The Morgan fingerprint density at radius 1 is 1.05 bits per heavy atom. The summed E-state index contributed by atoms with van der Waals surface area (Å²) in [5, 5.41) is 10.1. The van der Waals surface area contributed by atoms with Crippen LogP contribution in [0.4, 0.5) is 0 Å². The van der Waals surface area contributed by atoms with Crippen LogP contribution in [0.15, 0.2) is 88.4 Å². The number of allylic oxidation sites excluding steroid dienone is 5. The Labute approximate surface area is 229 Å². The second-order valence-corrected chi connectivity index (χ2v) is 11.5. The van der Waals surface area contributed by atoms with Crippen LogP contribution >= 0.6 is 0 Å². The number of hydrogen-bond acceptors (Lipinski definition) is 3. The van der Waals surface area contributed by atoms with Crippen molar-refractivity contribution in [1.29, 1.82) is 0 Å². The highest BCUT2D eigenvalue weighted by Crippen LogP contribution is 2.52. The van der Waals surface area contributed by atoms with Crippen LogP contribution in [0, 0.1) is 5.41 Å². The van der Waals surface area contributed by atoms with Gasteiger partial charge in [0.15, 0.2) is 11.5 Å². The van der Waals surface area contributed by atoms with Crippen molar-refractivity contribution in [2.45, 2.75) is 85.0 Å². The van der Waals surface area contributed by atoms with Gasteiger partial charge in [0, 0.05) is 24.2 Å². The van der Waals surface area contributed by atoms with Gasteiger partial charge in [-0.2, -0.15) is 0 Å². The van der Waals surface area contributed by atoms with Crippen molar-refractivity contribution in [2.75, 3.05) is 19.7 Å². The molecule has 2 heterocycles. The SMILES string of the molecule is CC1=C(O)/C(=C/C2(CCC/C(C)=C/CC/C(C)=C/CCC3=CCN(CCc4ccccc4)C3=O)CC2)OC1. The third-order valence-corrected chi connectivity index (χ3v) is 8.23. The molecule has 0 atom stereocenters. The summed E-state index contributed by atoms with van der Waals surface area (Å²) in [5.74, 6) is 1.26. The fraction of sp³-hybridized carbons (Fsp3) is 0.500. The first-order chi connectivity index (χ1) is 18.3. The van der Waals surface area contributed by atoms with Gasteiger partial charge in [-0.15, -0.1) is 0 Å². The smallest absolute Gasteiger partial charge is 0.249 e. The molecule has 1 amide bonds. The summed E-state index contributed by atoms with van der Waals surface area (Å²) in [5.41, 5.74) is 6.30. The summed E-state index contributed by atoms with van der Waals surface area (Å²) in [6.45, 7) is 8.44. The number of benzene rings is 1. The van der Waals surface area contributed by atoms with Crippen LogP contribution in [0.2, 0.25) is 0 Å². The third-order valence-electron chi connectivity index (χ3n) is 8.23. The molecule has 0 radical (unpaired) electrons. The van der Waals surface area contributed by atoms with Crippen molar-refractivity contribution in [1.82, 2.24) is 4.90 Å². The molecular formula is C34H45NO3. The van der Waals surface area contributed by atoms with E-state index in [0.717, 1.165) is 69.2 Å². The van der Waals surface area contributed by atoms with Gasteiger partial charge in [-0.3, -0.25) is 4.79 Å². The summed E-state index contributed by atoms with van der Waals surface area (Å²) >= 11 is 0. The minimum Gasteiger partial charge on any atom is -0.504 e. The van der Waals surface area contributed by atoms with Gasteiger partial charge >= 0.3 is 0 Å². The molecule has 1 fully saturated rings. The molecule has 4 rings (SSSR count). The van der Waals surface area contributed by atoms with E-state index in [9.17, 15) is 9.90 Å². The molecule has 1 aromatic carbocycles. The molecule has 204 valence electrons. The maximum absolute atomic E-state index is 12.7. The molecular weight excluding hydrogens is 470 g/mol. The highest BCUT2D eigenvalue weighted by molar-refractivity contribution is 5.95. The summed E-state index contributed by atoms with van der Waals surface area (Å²) in [7, 11) is 0. The third kappa shape index (κ3) is 7.99. The Kier molecular flexibility index (Phi) is 9.71. The topological polar surface area (TPSA) is 49.8 Å². The monoisotopic (exact) mass is 515 g/mol. The lowest BCUT2D eigenvalue weighted by molar-refractivity contribution is -0.125. The Balaban J connectivity index is 1.10. The van der Waals surface area contributed by atoms with Crippen LogP contribution < -0.4 is 0 Å². The lowest BCUT2D eigenvalue weighted by Crippen LogP contribution is -2.29. The molecule has 1 saturated carbocycles. The van der Waals surface area contributed by atoms with Gasteiger partial charge in [-0.25, -0.2) is 0 Å². The van der Waals surface area contributed by atoms with Crippen molar-refractivity contribution in [3.05, 3.63) is 94.0 Å². The van der Waals surface area contributed by atoms with Crippen molar-refractivity contribution in [3.63, 3.8) is 0 Å². The van der Waals surface area contributed by atoms with Crippen LogP contribution in [0.1, 0.15) is 84.1 Å². The molecule has 0 unspecified atom stereocenters. The maximum Gasteiger partial charge on any atom is 0.249 e. The highest BCUT2D eigenvalue weighted by atomic mass is 16.5. The van der Waals surface area contributed by atoms with E-state index in [1.807, 2.05) is 17.9 Å². The Bertz CT molecular complexity index is 1130. The van der Waals surface area contributed by atoms with E-state index >= 15 is 0 Å². The van der Waals surface area contributed by atoms with Crippen molar-refractivity contribution in [2.24, 2.45) is 5.41 Å². The quantitative estimate of drug-likeness (QED) is 0.254. The molecule has 0 spiro atoms. The van der Waals surface area contributed by atoms with Crippen LogP contribution in [0.25, 0.3) is 0 Å². The number of aliphatic hydroxyl groups excluding tert-OH is 1. The zero-order valence-electron chi connectivity index (χ0n) is 23.6. The van der Waals surface area contributed by atoms with Gasteiger partial charge in [0.2, 0.25) is 5.91 Å². The van der Waals surface area contributed by atoms with E-state index in [1.54, 1.807) is 0 Å². The van der Waals surface area contributed by atoms with Gasteiger partial charge in [0.1, 0.15) is 6.61 Å². The average molecular weight is 516 g/mol. The van der Waals surface area contributed by atoms with Crippen LogP contribution in [-0.4, -0.2) is 35.6 Å². The number of amides is 1. The summed E-state index contributed by atoms with van der Waals surface area (Å²) in [6, 6.07) is 10.4. The fourth-order valence-electron chi connectivity index (χ4n) is 5.40. The van der Waals surface area contributed by atoms with Crippen molar-refractivity contribution >= 4 is 5.91 Å². The standard InChI is InChI=1S/C34H45NO3/c1-26(12-8-16-30-18-23-35(33(30)37)22-17-29-14-5-4-6-15-29)10-7-11-27(2)13-9-19-34(20-21-34)24-31-32(36)28(3)25-38-31/h4-6,11-12,14-15,18,24,36H,7-10,13,16-17,19-23,25H2,1-3H3/b26-12+,27-11+,31-24-. The second-order valence-electron chi connectivity index (χ2n) is 11.5. The molecule has 1 N–H and O–H groups in total. The first-order valence-electron chi connectivity index (χ1n) is 14.4. The number of ether oxygens (including phenoxy) is 1. The van der Waals surface area contributed by atoms with Crippen LogP contribution in [0.3, 0.4) is 0 Å². The molecule has 0 bridgehead atoms. The highest BCUT2D eigenvalue weighted by Gasteiger charge is 2.41. The number of carbonyl (C=O) groups is 1. The van der Waals surface area contributed by atoms with E-state index in [0.29, 0.717) is 18.1 Å². The lowest BCUT2D eigenvalue weighted by Gasteiger charge is -2.16. The van der Waals surface area contributed by atoms with Crippen LogP contribution in [-0.2, 0) is 16.0 Å². The molecule has 0 aromatic heterocycles. The summed E-state index contributed by atoms with van der Waals surface area (Å²) < 4.78 is 5.65. The second kappa shape index (κ2) is 13.2. The zero-order valence-corrected chi connectivity index (χ0v) is 23.6. The van der Waals surface area contributed by atoms with Crippen LogP contribution in [0.5, 0.6) is 0 Å². The molecule has 38 heavy (non-hydrogen) atoms. The molecule has 4 heteroatoms. The van der Waals surface area contributed by atoms with Gasteiger partial charge in [-0.05, 0) is 102 Å². The first-order valence-corrected chi connectivity index (χ1v) is 14.4. The fourth-order valence-corrected chi connectivity index (χ4v) is 5.40. The Morgan fingerprint density at radius 2 is 1.79 bits per heavy atom. The summed E-state index contributed by atoms with van der Waals surface area (Å²) in [4.78, 5) is 14.7. The maximum atomic E-state index is 12.7. The normalized spacial score (nSPS) is 20.4. The van der Waals surface area contributed by atoms with Gasteiger partial charge in [0.05, 0.1) is 0 Å². The molecule has 4 nitrogen and oxygen atoms in total. The van der Waals surface area contributed by atoms with Crippen molar-refractivity contribution in [3.8, 4) is 0 Å². The Morgan fingerprint density at radius 3 is 2.50 bits per heavy atom. The largest absolute Gasteiger partial charge is 0.504 e. The number of hydrogen-bond donors (Lipinski definition) is 1. The minimum absolute atomic E-state index is 0.217. The van der Waals surface area contributed by atoms with E-state index in [-0.39, 0.29) is 11.3 Å². The molecule has 2 aliphatic heterocycles. The number of aliphatic hydroxyl groups is 1. The Hall–Kier alpha value is -3.01. The van der Waals surface area contributed by atoms with E-state index in [1.165, 1.54) is 36.0 Å². The summed E-state index contributed by atoms with van der Waals surface area (Å²) in [6.07, 6.45) is 19.7. The zero-order chi connectivity index (χ0) is 27.0. The molecule has 1 aromatic rings. The number of nitrogens with zero attached hydrogens (tertiary/aromatic N) is 1. The molecule has 3 aliphatic rings. The van der Waals surface area contributed by atoms with Gasteiger partial charge in [0.25, 0.3) is 0 Å². The first kappa shape index (κ1) is 28.0. The minimum atomic E-state index is 0.217. The van der Waals surface area contributed by atoms with Gasteiger partial charge < -0.3 is 14.7 Å². The lowest BCUT2D eigenvalue weighted by atomic mass is 9.95. The number of rotatable bonds is 14. The van der Waals surface area contributed by atoms with Crippen molar-refractivity contribution < 1.29 is 14.6 Å². The van der Waals surface area contributed by atoms with E-state index in [2.05, 4.69) is 62.4 Å². The van der Waals surface area contributed by atoms with E-state index in [4.69, 9.17) is 4.74 Å². The molecule has 0 saturated heterocycles.